The lowest BCUT2D eigenvalue weighted by Gasteiger charge is -2.26. The van der Waals surface area contributed by atoms with E-state index < -0.39 is 6.04 Å². The zero-order valence-corrected chi connectivity index (χ0v) is 10.7. The van der Waals surface area contributed by atoms with Crippen LogP contribution in [-0.2, 0) is 4.79 Å². The fraction of sp³-hybridized carbons (Fsp3) is 0.917. The summed E-state index contributed by atoms with van der Waals surface area (Å²) < 4.78 is 0. The average molecular weight is 227 g/mol. The number of nitrogens with zero attached hydrogens (tertiary/aromatic N) is 1. The normalized spacial score (nSPS) is 23.7. The van der Waals surface area contributed by atoms with Gasteiger partial charge in [0.15, 0.2) is 0 Å². The topological polar surface area (TPSA) is 58.4 Å². The molecule has 1 unspecified atom stereocenters. The highest BCUT2D eigenvalue weighted by molar-refractivity contribution is 5.80. The van der Waals surface area contributed by atoms with Gasteiger partial charge in [-0.25, -0.2) is 0 Å². The van der Waals surface area contributed by atoms with E-state index in [1.807, 2.05) is 0 Å². The molecule has 1 heterocycles. The summed E-state index contributed by atoms with van der Waals surface area (Å²) in [5, 5.41) is 2.92. The molecule has 0 saturated carbocycles. The second kappa shape index (κ2) is 6.21. The van der Waals surface area contributed by atoms with E-state index in [0.717, 1.165) is 19.6 Å². The molecule has 0 aromatic heterocycles. The maximum Gasteiger partial charge on any atom is 0.236 e. The summed E-state index contributed by atoms with van der Waals surface area (Å²) >= 11 is 0. The summed E-state index contributed by atoms with van der Waals surface area (Å²) in [4.78, 5) is 13.9. The predicted molar refractivity (Wildman–Crippen MR) is 66.1 cm³/mol. The monoisotopic (exact) mass is 227 g/mol. The van der Waals surface area contributed by atoms with Crippen LogP contribution < -0.4 is 11.1 Å². The average Bonchev–Trinajstić information content (AvgIpc) is 2.60. The molecule has 0 bridgehead atoms. The molecule has 0 aromatic carbocycles. The Bertz CT molecular complexity index is 228. The van der Waals surface area contributed by atoms with E-state index in [1.54, 1.807) is 6.92 Å². The minimum atomic E-state index is -0.403. The minimum absolute atomic E-state index is 0.0450. The van der Waals surface area contributed by atoms with Crippen molar-refractivity contribution in [2.24, 2.45) is 11.7 Å². The Morgan fingerprint density at radius 3 is 2.75 bits per heavy atom. The summed E-state index contributed by atoms with van der Waals surface area (Å²) in [6.45, 7) is 9.21. The molecule has 2 atom stereocenters. The molecule has 0 aromatic rings. The van der Waals surface area contributed by atoms with Crippen LogP contribution in [0.1, 0.15) is 33.6 Å². The third-order valence-electron chi connectivity index (χ3n) is 3.02. The van der Waals surface area contributed by atoms with Gasteiger partial charge in [0.2, 0.25) is 5.91 Å². The molecule has 1 saturated heterocycles. The number of nitrogens with one attached hydrogen (secondary N) is 1. The number of rotatable bonds is 5. The zero-order valence-electron chi connectivity index (χ0n) is 10.7. The van der Waals surface area contributed by atoms with Gasteiger partial charge in [-0.15, -0.1) is 0 Å². The molecular weight excluding hydrogens is 202 g/mol. The van der Waals surface area contributed by atoms with Crippen molar-refractivity contribution in [2.75, 3.05) is 19.6 Å². The van der Waals surface area contributed by atoms with Crippen molar-refractivity contribution in [3.8, 4) is 0 Å². The van der Waals surface area contributed by atoms with Crippen LogP contribution in [0.2, 0.25) is 0 Å². The summed E-state index contributed by atoms with van der Waals surface area (Å²) in [5.41, 5.74) is 5.51. The molecule has 1 fully saturated rings. The molecular formula is C12H25N3O. The number of amides is 1. The number of carbonyl (C=O) groups excluding carboxylic acids is 1. The summed E-state index contributed by atoms with van der Waals surface area (Å²) in [7, 11) is 0. The van der Waals surface area contributed by atoms with Crippen molar-refractivity contribution in [1.29, 1.82) is 0 Å². The smallest absolute Gasteiger partial charge is 0.236 e. The molecule has 0 radical (unpaired) electrons. The maximum atomic E-state index is 11.4. The third kappa shape index (κ3) is 4.10. The van der Waals surface area contributed by atoms with Crippen LogP contribution in [0.4, 0.5) is 0 Å². The van der Waals surface area contributed by atoms with E-state index in [0.29, 0.717) is 12.0 Å². The lowest BCUT2D eigenvalue weighted by molar-refractivity contribution is -0.122. The van der Waals surface area contributed by atoms with Gasteiger partial charge in [-0.1, -0.05) is 13.8 Å². The van der Waals surface area contributed by atoms with Gasteiger partial charge in [-0.3, -0.25) is 9.69 Å². The van der Waals surface area contributed by atoms with E-state index >= 15 is 0 Å². The number of carbonyl (C=O) groups is 1. The number of likely N-dealkylation sites (tertiary alicyclic amines) is 1. The molecule has 4 heteroatoms. The summed E-state index contributed by atoms with van der Waals surface area (Å²) in [5.74, 6) is 0.640. The van der Waals surface area contributed by atoms with Crippen molar-refractivity contribution in [2.45, 2.75) is 45.7 Å². The lowest BCUT2D eigenvalue weighted by Crippen LogP contribution is -2.45. The predicted octanol–water partition coefficient (Wildman–Crippen LogP) is 0.570. The van der Waals surface area contributed by atoms with Crippen LogP contribution in [0.25, 0.3) is 0 Å². The van der Waals surface area contributed by atoms with Crippen LogP contribution in [-0.4, -0.2) is 42.5 Å². The molecule has 4 nitrogen and oxygen atoms in total. The Hall–Kier alpha value is -0.610. The first kappa shape index (κ1) is 13.5. The van der Waals surface area contributed by atoms with Gasteiger partial charge in [0.25, 0.3) is 0 Å². The highest BCUT2D eigenvalue weighted by Crippen LogP contribution is 2.17. The van der Waals surface area contributed by atoms with E-state index in [2.05, 4.69) is 24.1 Å². The molecule has 1 aliphatic heterocycles. The van der Waals surface area contributed by atoms with Crippen LogP contribution in [0, 0.1) is 5.92 Å². The fourth-order valence-corrected chi connectivity index (χ4v) is 2.22. The van der Waals surface area contributed by atoms with Gasteiger partial charge in [0.1, 0.15) is 0 Å². The van der Waals surface area contributed by atoms with Crippen molar-refractivity contribution >= 4 is 5.91 Å². The first-order chi connectivity index (χ1) is 7.50. The first-order valence-corrected chi connectivity index (χ1v) is 6.28. The van der Waals surface area contributed by atoms with E-state index in [4.69, 9.17) is 5.73 Å². The summed E-state index contributed by atoms with van der Waals surface area (Å²) in [6.07, 6.45) is 2.43. The Morgan fingerprint density at radius 1 is 1.50 bits per heavy atom. The molecule has 0 spiro atoms. The molecule has 0 aliphatic carbocycles. The molecule has 16 heavy (non-hydrogen) atoms. The zero-order chi connectivity index (χ0) is 12.1. The standard InChI is InChI=1S/C12H25N3O/c1-9(2)8-15-6-4-5-11(15)7-14-12(16)10(3)13/h9-11H,4-8,13H2,1-3H3,(H,14,16)/t10?,11-/m1/s1. The quantitative estimate of drug-likeness (QED) is 0.722. The number of nitrogens with two attached hydrogens (primary N) is 1. The van der Waals surface area contributed by atoms with Crippen molar-refractivity contribution in [1.82, 2.24) is 10.2 Å². The molecule has 1 aliphatic rings. The van der Waals surface area contributed by atoms with Crippen LogP contribution in [0.5, 0.6) is 0 Å². The van der Waals surface area contributed by atoms with E-state index in [9.17, 15) is 4.79 Å². The lowest BCUT2D eigenvalue weighted by atomic mass is 10.1. The minimum Gasteiger partial charge on any atom is -0.353 e. The number of hydrogen-bond donors (Lipinski definition) is 2. The van der Waals surface area contributed by atoms with Gasteiger partial charge < -0.3 is 11.1 Å². The van der Waals surface area contributed by atoms with Gasteiger partial charge in [-0.05, 0) is 32.2 Å². The van der Waals surface area contributed by atoms with Gasteiger partial charge in [0.05, 0.1) is 6.04 Å². The fourth-order valence-electron chi connectivity index (χ4n) is 2.22. The highest BCUT2D eigenvalue weighted by atomic mass is 16.2. The summed E-state index contributed by atoms with van der Waals surface area (Å²) in [6, 6.07) is 0.102. The Labute approximate surface area is 98.6 Å². The Kier molecular flexibility index (Phi) is 5.22. The van der Waals surface area contributed by atoms with Crippen LogP contribution in [0.3, 0.4) is 0 Å². The van der Waals surface area contributed by atoms with Crippen molar-refractivity contribution in [3.63, 3.8) is 0 Å². The SMILES string of the molecule is CC(C)CN1CCC[C@@H]1CNC(=O)C(C)N. The van der Waals surface area contributed by atoms with E-state index in [1.165, 1.54) is 12.8 Å². The molecule has 3 N–H and O–H groups in total. The van der Waals surface area contributed by atoms with Crippen LogP contribution in [0.15, 0.2) is 0 Å². The molecule has 1 rings (SSSR count). The van der Waals surface area contributed by atoms with Crippen molar-refractivity contribution in [3.05, 3.63) is 0 Å². The van der Waals surface area contributed by atoms with Gasteiger partial charge >= 0.3 is 0 Å². The van der Waals surface area contributed by atoms with Gasteiger partial charge in [0, 0.05) is 19.1 Å². The second-order valence-electron chi connectivity index (χ2n) is 5.22. The second-order valence-corrected chi connectivity index (χ2v) is 5.22. The van der Waals surface area contributed by atoms with Crippen molar-refractivity contribution < 1.29 is 4.79 Å². The molecule has 1 amide bonds. The Morgan fingerprint density at radius 2 is 2.19 bits per heavy atom. The Balaban J connectivity index is 2.32. The van der Waals surface area contributed by atoms with E-state index in [-0.39, 0.29) is 5.91 Å². The first-order valence-electron chi connectivity index (χ1n) is 6.28. The highest BCUT2D eigenvalue weighted by Gasteiger charge is 2.25. The number of hydrogen-bond acceptors (Lipinski definition) is 3. The van der Waals surface area contributed by atoms with Gasteiger partial charge in [-0.2, -0.15) is 0 Å². The maximum absolute atomic E-state index is 11.4. The third-order valence-corrected chi connectivity index (χ3v) is 3.02. The van der Waals surface area contributed by atoms with Crippen LogP contribution >= 0.6 is 0 Å². The molecule has 94 valence electrons. The largest absolute Gasteiger partial charge is 0.353 e.